The second-order valence-corrected chi connectivity index (χ2v) is 10.6. The number of halogens is 3. The minimum Gasteiger partial charge on any atom is -0.333 e. The standard InChI is InChI=1S/C21H19F3N8O3S/c1-5-36(34,35)19-14(17-28-12-8-11(21(22,23)24)9-27-15(12)31(17)4)16-26-7-6-13(32(16)30-19)18(33)29-20(2,3)10-25/h6-9H,5H2,1-4H3,(H,29,33). The zero-order valence-corrected chi connectivity index (χ0v) is 20.2. The van der Waals surface area contributed by atoms with Gasteiger partial charge in [0.15, 0.2) is 26.2 Å². The molecule has 4 heterocycles. The van der Waals surface area contributed by atoms with Crippen molar-refractivity contribution in [2.24, 2.45) is 7.05 Å². The van der Waals surface area contributed by atoms with E-state index in [1.165, 1.54) is 44.6 Å². The number of imidazole rings is 1. The van der Waals surface area contributed by atoms with Crippen LogP contribution < -0.4 is 5.32 Å². The van der Waals surface area contributed by atoms with Crippen molar-refractivity contribution in [3.05, 3.63) is 35.8 Å². The van der Waals surface area contributed by atoms with E-state index in [0.29, 0.717) is 6.20 Å². The first kappa shape index (κ1) is 25.0. The maximum Gasteiger partial charge on any atom is 0.417 e. The number of pyridine rings is 1. The Morgan fingerprint density at radius 1 is 1.22 bits per heavy atom. The number of hydrogen-bond acceptors (Lipinski definition) is 8. The second-order valence-electron chi connectivity index (χ2n) is 8.40. The number of sulfone groups is 1. The first-order valence-corrected chi connectivity index (χ1v) is 12.1. The molecule has 188 valence electrons. The van der Waals surface area contributed by atoms with E-state index in [1.807, 2.05) is 6.07 Å². The Kier molecular flexibility index (Phi) is 5.75. The molecule has 11 nitrogen and oxygen atoms in total. The van der Waals surface area contributed by atoms with Crippen LogP contribution in [0.1, 0.15) is 36.8 Å². The average Bonchev–Trinajstić information content (AvgIpc) is 3.36. The largest absolute Gasteiger partial charge is 0.417 e. The maximum atomic E-state index is 13.2. The summed E-state index contributed by atoms with van der Waals surface area (Å²) in [6.45, 7) is 4.35. The van der Waals surface area contributed by atoms with E-state index in [1.54, 1.807) is 0 Å². The Morgan fingerprint density at radius 3 is 2.53 bits per heavy atom. The molecular formula is C21H19F3N8O3S. The summed E-state index contributed by atoms with van der Waals surface area (Å²) in [6.07, 6.45) is -2.74. The number of alkyl halides is 3. The van der Waals surface area contributed by atoms with Crippen LogP contribution in [-0.2, 0) is 23.1 Å². The minimum absolute atomic E-state index is 0.0544. The van der Waals surface area contributed by atoms with Gasteiger partial charge in [-0.05, 0) is 26.0 Å². The number of amides is 1. The molecule has 0 saturated carbocycles. The molecule has 0 fully saturated rings. The van der Waals surface area contributed by atoms with Crippen molar-refractivity contribution in [2.75, 3.05) is 5.75 Å². The highest BCUT2D eigenvalue weighted by molar-refractivity contribution is 7.91. The van der Waals surface area contributed by atoms with Crippen LogP contribution in [0.5, 0.6) is 0 Å². The van der Waals surface area contributed by atoms with Gasteiger partial charge in [0.25, 0.3) is 5.91 Å². The van der Waals surface area contributed by atoms with E-state index in [9.17, 15) is 31.6 Å². The Bertz CT molecular complexity index is 1680. The quantitative estimate of drug-likeness (QED) is 0.422. The fraction of sp³-hybridized carbons (Fsp3) is 0.333. The van der Waals surface area contributed by atoms with Gasteiger partial charge in [0.1, 0.15) is 28.1 Å². The Morgan fingerprint density at radius 2 is 1.92 bits per heavy atom. The second kappa shape index (κ2) is 8.26. The predicted octanol–water partition coefficient (Wildman–Crippen LogP) is 2.52. The maximum absolute atomic E-state index is 13.2. The van der Waals surface area contributed by atoms with Crippen LogP contribution in [0, 0.1) is 11.3 Å². The minimum atomic E-state index is -4.65. The summed E-state index contributed by atoms with van der Waals surface area (Å²) in [5, 5.41) is 15.4. The summed E-state index contributed by atoms with van der Waals surface area (Å²) in [6, 6.07) is 4.03. The van der Waals surface area contributed by atoms with Gasteiger partial charge in [-0.3, -0.25) is 4.79 Å². The molecule has 0 spiro atoms. The molecule has 15 heteroatoms. The number of fused-ring (bicyclic) bond motifs is 2. The highest BCUT2D eigenvalue weighted by atomic mass is 32.2. The Labute approximate surface area is 202 Å². The molecule has 36 heavy (non-hydrogen) atoms. The molecule has 4 aromatic rings. The van der Waals surface area contributed by atoms with Crippen molar-refractivity contribution < 1.29 is 26.4 Å². The first-order valence-electron chi connectivity index (χ1n) is 10.4. The van der Waals surface area contributed by atoms with Gasteiger partial charge in [0.2, 0.25) is 0 Å². The van der Waals surface area contributed by atoms with Crippen molar-refractivity contribution in [3.8, 4) is 17.5 Å². The van der Waals surface area contributed by atoms with Crippen LogP contribution in [0.15, 0.2) is 29.6 Å². The normalized spacial score (nSPS) is 12.7. The van der Waals surface area contributed by atoms with E-state index in [2.05, 4.69) is 25.4 Å². The molecule has 0 saturated heterocycles. The first-order chi connectivity index (χ1) is 16.7. The lowest BCUT2D eigenvalue weighted by Gasteiger charge is -2.17. The molecule has 1 N–H and O–H groups in total. The van der Waals surface area contributed by atoms with E-state index < -0.39 is 38.0 Å². The molecular weight excluding hydrogens is 501 g/mol. The summed E-state index contributed by atoms with van der Waals surface area (Å²) in [5.41, 5.74) is -2.58. The van der Waals surface area contributed by atoms with Crippen LogP contribution in [0.3, 0.4) is 0 Å². The van der Waals surface area contributed by atoms with Crippen molar-refractivity contribution in [1.29, 1.82) is 5.26 Å². The molecule has 0 aliphatic carbocycles. The van der Waals surface area contributed by atoms with Crippen molar-refractivity contribution in [3.63, 3.8) is 0 Å². The monoisotopic (exact) mass is 520 g/mol. The highest BCUT2D eigenvalue weighted by Crippen LogP contribution is 2.35. The molecule has 0 aliphatic heterocycles. The molecule has 0 aliphatic rings. The number of rotatable bonds is 5. The van der Waals surface area contributed by atoms with Gasteiger partial charge in [-0.15, -0.1) is 0 Å². The third-order valence-corrected chi connectivity index (χ3v) is 6.99. The topological polar surface area (TPSA) is 148 Å². The van der Waals surface area contributed by atoms with Crippen molar-refractivity contribution in [1.82, 2.24) is 34.4 Å². The Balaban J connectivity index is 2.03. The van der Waals surface area contributed by atoms with Crippen LogP contribution >= 0.6 is 0 Å². The van der Waals surface area contributed by atoms with E-state index in [0.717, 1.165) is 10.6 Å². The lowest BCUT2D eigenvalue weighted by Crippen LogP contribution is -2.42. The number of nitrogens with one attached hydrogen (secondary N) is 1. The number of aromatic nitrogens is 6. The Hall–Kier alpha value is -4.06. The van der Waals surface area contributed by atoms with Crippen LogP contribution in [-0.4, -0.2) is 54.7 Å². The average molecular weight is 520 g/mol. The van der Waals surface area contributed by atoms with E-state index >= 15 is 0 Å². The lowest BCUT2D eigenvalue weighted by molar-refractivity contribution is -0.137. The van der Waals surface area contributed by atoms with Gasteiger partial charge in [0.05, 0.1) is 17.4 Å². The van der Waals surface area contributed by atoms with Gasteiger partial charge in [0, 0.05) is 19.4 Å². The number of carbonyl (C=O) groups excluding carboxylic acids is 1. The fourth-order valence-corrected chi connectivity index (χ4v) is 4.45. The molecule has 0 radical (unpaired) electrons. The molecule has 4 aromatic heterocycles. The molecule has 0 atom stereocenters. The zero-order chi connectivity index (χ0) is 26.6. The summed E-state index contributed by atoms with van der Waals surface area (Å²) in [5.74, 6) is -1.13. The third kappa shape index (κ3) is 4.13. The third-order valence-electron chi connectivity index (χ3n) is 5.36. The van der Waals surface area contributed by atoms with Gasteiger partial charge in [-0.2, -0.15) is 23.5 Å². The van der Waals surface area contributed by atoms with Gasteiger partial charge >= 0.3 is 6.18 Å². The summed E-state index contributed by atoms with van der Waals surface area (Å²) in [7, 11) is -2.56. The van der Waals surface area contributed by atoms with Crippen LogP contribution in [0.25, 0.3) is 28.2 Å². The van der Waals surface area contributed by atoms with Crippen molar-refractivity contribution >= 4 is 32.6 Å². The summed E-state index contributed by atoms with van der Waals surface area (Å²) in [4.78, 5) is 25.2. The van der Waals surface area contributed by atoms with Gasteiger partial charge in [-0.25, -0.2) is 27.9 Å². The highest BCUT2D eigenvalue weighted by Gasteiger charge is 2.34. The fourth-order valence-electron chi connectivity index (χ4n) is 3.48. The van der Waals surface area contributed by atoms with E-state index in [4.69, 9.17) is 0 Å². The molecule has 1 amide bonds. The molecule has 0 bridgehead atoms. The molecule has 4 rings (SSSR count). The SMILES string of the molecule is CCS(=O)(=O)c1nn2c(C(=O)NC(C)(C)C#N)ccnc2c1-c1nc2cc(C(F)(F)F)cnc2n1C. The molecule has 0 aromatic carbocycles. The van der Waals surface area contributed by atoms with Gasteiger partial charge in [-0.1, -0.05) is 6.92 Å². The summed E-state index contributed by atoms with van der Waals surface area (Å²) < 4.78 is 67.9. The lowest BCUT2D eigenvalue weighted by atomic mass is 10.1. The van der Waals surface area contributed by atoms with Crippen LogP contribution in [0.4, 0.5) is 13.2 Å². The number of carbonyl (C=O) groups is 1. The number of hydrogen-bond donors (Lipinski definition) is 1. The zero-order valence-electron chi connectivity index (χ0n) is 19.4. The van der Waals surface area contributed by atoms with Gasteiger partial charge < -0.3 is 9.88 Å². The smallest absolute Gasteiger partial charge is 0.333 e. The number of aryl methyl sites for hydroxylation is 1. The van der Waals surface area contributed by atoms with Crippen LogP contribution in [0.2, 0.25) is 0 Å². The number of nitriles is 1. The van der Waals surface area contributed by atoms with Crippen molar-refractivity contribution in [2.45, 2.75) is 37.5 Å². The van der Waals surface area contributed by atoms with E-state index in [-0.39, 0.29) is 39.6 Å². The molecule has 0 unspecified atom stereocenters. The predicted molar refractivity (Wildman–Crippen MR) is 120 cm³/mol. The number of nitrogens with zero attached hydrogens (tertiary/aromatic N) is 7. The summed E-state index contributed by atoms with van der Waals surface area (Å²) >= 11 is 0.